The predicted molar refractivity (Wildman–Crippen MR) is 43.7 cm³/mol. The number of nitrogens with one attached hydrogen (secondary N) is 1. The van der Waals surface area contributed by atoms with Crippen molar-refractivity contribution in [1.29, 1.82) is 0 Å². The molecule has 2 N–H and O–H groups in total. The summed E-state index contributed by atoms with van der Waals surface area (Å²) in [6, 6.07) is -0.401. The van der Waals surface area contributed by atoms with E-state index >= 15 is 0 Å². The number of sulfonamides is 1. The molecule has 68 valence electrons. The number of hydrogen-bond acceptors (Lipinski definition) is 3. The molecule has 0 bridgehead atoms. The maximum atomic E-state index is 11.1. The van der Waals surface area contributed by atoms with Crippen LogP contribution in [0.4, 0.5) is 0 Å². The molecule has 0 aliphatic heterocycles. The van der Waals surface area contributed by atoms with E-state index in [4.69, 9.17) is 5.11 Å². The fraction of sp³-hybridized carbons (Fsp3) is 1.00. The summed E-state index contributed by atoms with van der Waals surface area (Å²) in [7, 11) is -3.22. The van der Waals surface area contributed by atoms with Crippen LogP contribution < -0.4 is 4.72 Å². The van der Waals surface area contributed by atoms with Gasteiger partial charge in [0.15, 0.2) is 0 Å². The van der Waals surface area contributed by atoms with Gasteiger partial charge in [0.25, 0.3) is 0 Å². The Morgan fingerprint density at radius 1 is 1.36 bits per heavy atom. The Kier molecular flexibility index (Phi) is 3.99. The average molecular weight is 181 g/mol. The minimum absolute atomic E-state index is 0.175. The summed E-state index contributed by atoms with van der Waals surface area (Å²) in [5.74, 6) is 0. The molecule has 11 heavy (non-hydrogen) atoms. The molecular weight excluding hydrogens is 166 g/mol. The van der Waals surface area contributed by atoms with Crippen molar-refractivity contribution >= 4 is 10.0 Å². The van der Waals surface area contributed by atoms with Crippen molar-refractivity contribution in [3.8, 4) is 0 Å². The number of aliphatic hydroxyl groups excluding tert-OH is 1. The van der Waals surface area contributed by atoms with Gasteiger partial charge in [-0.15, -0.1) is 0 Å². The Balaban J connectivity index is 4.15. The normalized spacial score (nSPS) is 15.4. The lowest BCUT2D eigenvalue weighted by molar-refractivity contribution is 0.265. The van der Waals surface area contributed by atoms with Crippen molar-refractivity contribution in [3.05, 3.63) is 0 Å². The van der Waals surface area contributed by atoms with Gasteiger partial charge in [-0.1, -0.05) is 0 Å². The first kappa shape index (κ1) is 10.9. The van der Waals surface area contributed by atoms with Crippen LogP contribution in [0.1, 0.15) is 20.8 Å². The first-order chi connectivity index (χ1) is 4.90. The largest absolute Gasteiger partial charge is 0.395 e. The zero-order valence-electron chi connectivity index (χ0n) is 7.03. The van der Waals surface area contributed by atoms with Crippen LogP contribution in [0, 0.1) is 0 Å². The third kappa shape index (κ3) is 3.69. The van der Waals surface area contributed by atoms with Gasteiger partial charge in [0.2, 0.25) is 10.0 Å². The maximum Gasteiger partial charge on any atom is 0.214 e. The third-order valence-corrected chi connectivity index (χ3v) is 3.23. The van der Waals surface area contributed by atoms with Crippen LogP contribution in [0.15, 0.2) is 0 Å². The Morgan fingerprint density at radius 3 is 2.09 bits per heavy atom. The van der Waals surface area contributed by atoms with Gasteiger partial charge in [0, 0.05) is 6.04 Å². The highest BCUT2D eigenvalue weighted by Crippen LogP contribution is 1.97. The summed E-state index contributed by atoms with van der Waals surface area (Å²) in [6.07, 6.45) is 0. The van der Waals surface area contributed by atoms with Crippen LogP contribution in [-0.2, 0) is 10.0 Å². The highest BCUT2D eigenvalue weighted by molar-refractivity contribution is 7.90. The molecule has 0 aromatic heterocycles. The van der Waals surface area contributed by atoms with E-state index in [0.717, 1.165) is 0 Å². The molecule has 0 amide bonds. The molecule has 0 radical (unpaired) electrons. The number of hydrogen-bond donors (Lipinski definition) is 2. The topological polar surface area (TPSA) is 66.4 Å². The van der Waals surface area contributed by atoms with Crippen molar-refractivity contribution in [3.63, 3.8) is 0 Å². The van der Waals surface area contributed by atoms with Gasteiger partial charge in [-0.05, 0) is 20.8 Å². The van der Waals surface area contributed by atoms with E-state index in [2.05, 4.69) is 4.72 Å². The molecule has 0 saturated carbocycles. The van der Waals surface area contributed by atoms with Crippen molar-refractivity contribution in [2.75, 3.05) is 6.61 Å². The molecule has 0 fully saturated rings. The first-order valence-corrected chi connectivity index (χ1v) is 5.06. The molecule has 5 heteroatoms. The lowest BCUT2D eigenvalue weighted by atomic mass is 10.4. The summed E-state index contributed by atoms with van der Waals surface area (Å²) in [5.41, 5.74) is 0. The fourth-order valence-corrected chi connectivity index (χ4v) is 1.36. The van der Waals surface area contributed by atoms with E-state index < -0.39 is 21.3 Å². The predicted octanol–water partition coefficient (Wildman–Crippen LogP) is -0.305. The van der Waals surface area contributed by atoms with Crippen molar-refractivity contribution in [2.45, 2.75) is 32.1 Å². The molecule has 0 aromatic carbocycles. The summed E-state index contributed by atoms with van der Waals surface area (Å²) < 4.78 is 24.5. The Hall–Kier alpha value is -0.130. The van der Waals surface area contributed by atoms with Crippen LogP contribution in [0.2, 0.25) is 0 Å². The van der Waals surface area contributed by atoms with E-state index in [-0.39, 0.29) is 6.61 Å². The average Bonchev–Trinajstić information content (AvgIpc) is 1.86. The second kappa shape index (κ2) is 4.04. The summed E-state index contributed by atoms with van der Waals surface area (Å²) in [5, 5.41) is 8.11. The zero-order chi connectivity index (χ0) is 9.07. The molecule has 0 aliphatic carbocycles. The van der Waals surface area contributed by atoms with Crippen molar-refractivity contribution < 1.29 is 13.5 Å². The zero-order valence-corrected chi connectivity index (χ0v) is 7.85. The van der Waals surface area contributed by atoms with Gasteiger partial charge in [0.1, 0.15) is 0 Å². The fourth-order valence-electron chi connectivity index (χ4n) is 0.454. The minimum atomic E-state index is -3.22. The number of rotatable bonds is 4. The summed E-state index contributed by atoms with van der Waals surface area (Å²) in [4.78, 5) is 0. The Morgan fingerprint density at radius 2 is 1.82 bits per heavy atom. The molecule has 0 aromatic rings. The molecule has 0 rings (SSSR count). The monoisotopic (exact) mass is 181 g/mol. The smallest absolute Gasteiger partial charge is 0.214 e. The second-order valence-corrected chi connectivity index (χ2v) is 5.06. The minimum Gasteiger partial charge on any atom is -0.395 e. The Labute approximate surface area is 67.7 Å². The maximum absolute atomic E-state index is 11.1. The molecule has 0 aliphatic rings. The van der Waals surface area contributed by atoms with Crippen LogP contribution in [0.3, 0.4) is 0 Å². The van der Waals surface area contributed by atoms with E-state index in [0.29, 0.717) is 0 Å². The molecule has 0 heterocycles. The highest BCUT2D eigenvalue weighted by atomic mass is 32.2. The van der Waals surface area contributed by atoms with E-state index in [1.165, 1.54) is 0 Å². The van der Waals surface area contributed by atoms with Crippen LogP contribution in [0.5, 0.6) is 0 Å². The lowest BCUT2D eigenvalue weighted by Gasteiger charge is -2.13. The van der Waals surface area contributed by atoms with Crippen LogP contribution in [0.25, 0.3) is 0 Å². The van der Waals surface area contributed by atoms with Crippen LogP contribution in [-0.4, -0.2) is 31.4 Å². The van der Waals surface area contributed by atoms with Gasteiger partial charge < -0.3 is 5.11 Å². The highest BCUT2D eigenvalue weighted by Gasteiger charge is 2.17. The van der Waals surface area contributed by atoms with Gasteiger partial charge in [0.05, 0.1) is 11.9 Å². The van der Waals surface area contributed by atoms with Gasteiger partial charge in [-0.25, -0.2) is 13.1 Å². The summed E-state index contributed by atoms with van der Waals surface area (Å²) >= 11 is 0. The number of aliphatic hydroxyl groups is 1. The molecule has 0 saturated heterocycles. The second-order valence-electron chi connectivity index (χ2n) is 2.80. The molecule has 4 nitrogen and oxygen atoms in total. The van der Waals surface area contributed by atoms with E-state index in [1.807, 2.05) is 0 Å². The van der Waals surface area contributed by atoms with Gasteiger partial charge in [-0.3, -0.25) is 0 Å². The first-order valence-electron chi connectivity index (χ1n) is 3.52. The van der Waals surface area contributed by atoms with Crippen molar-refractivity contribution in [2.24, 2.45) is 0 Å². The van der Waals surface area contributed by atoms with E-state index in [9.17, 15) is 8.42 Å². The lowest BCUT2D eigenvalue weighted by Crippen LogP contribution is -2.39. The molecule has 1 atom stereocenters. The SMILES string of the molecule is CC(C)S(=O)(=O)N[C@H](C)CO. The molecular formula is C6H15NO3S. The standard InChI is InChI=1S/C6H15NO3S/c1-5(2)11(9,10)7-6(3)4-8/h5-8H,4H2,1-3H3/t6-/m1/s1. The van der Waals surface area contributed by atoms with Gasteiger partial charge >= 0.3 is 0 Å². The quantitative estimate of drug-likeness (QED) is 0.625. The Bertz CT molecular complexity index is 198. The van der Waals surface area contributed by atoms with Crippen molar-refractivity contribution in [1.82, 2.24) is 4.72 Å². The van der Waals surface area contributed by atoms with Crippen LogP contribution >= 0.6 is 0 Å². The third-order valence-electron chi connectivity index (χ3n) is 1.26. The summed E-state index contributed by atoms with van der Waals surface area (Å²) in [6.45, 7) is 4.62. The molecule has 0 spiro atoms. The van der Waals surface area contributed by atoms with Gasteiger partial charge in [-0.2, -0.15) is 0 Å². The molecule has 0 unspecified atom stereocenters. The van der Waals surface area contributed by atoms with E-state index in [1.54, 1.807) is 20.8 Å².